The van der Waals surface area contributed by atoms with Crippen LogP contribution in [0.2, 0.25) is 0 Å². The van der Waals surface area contributed by atoms with Crippen molar-refractivity contribution in [3.63, 3.8) is 0 Å². The number of aromatic carboxylic acids is 1. The number of benzene rings is 1. The Morgan fingerprint density at radius 2 is 2.05 bits per heavy atom. The molecule has 1 rings (SSSR count). The minimum atomic E-state index is -4.09. The van der Waals surface area contributed by atoms with E-state index in [1.54, 1.807) is 0 Å². The Morgan fingerprint density at radius 1 is 1.47 bits per heavy atom. The van der Waals surface area contributed by atoms with E-state index in [0.717, 1.165) is 12.1 Å². The SMILES string of the molecule is Cc1c(F)cc(C(=O)O)cc1S(=O)(=O)NC(C)CO. The summed E-state index contributed by atoms with van der Waals surface area (Å²) in [6, 6.07) is 0.875. The molecule has 1 unspecified atom stereocenters. The van der Waals surface area contributed by atoms with Crippen molar-refractivity contribution in [1.29, 1.82) is 0 Å². The van der Waals surface area contributed by atoms with E-state index in [2.05, 4.69) is 4.72 Å². The lowest BCUT2D eigenvalue weighted by atomic mass is 10.1. The summed E-state index contributed by atoms with van der Waals surface area (Å²) in [5.74, 6) is -2.34. The molecule has 1 aromatic carbocycles. The van der Waals surface area contributed by atoms with Gasteiger partial charge in [0, 0.05) is 11.6 Å². The van der Waals surface area contributed by atoms with Crippen molar-refractivity contribution >= 4 is 16.0 Å². The lowest BCUT2D eigenvalue weighted by Gasteiger charge is -2.14. The minimum absolute atomic E-state index is 0.178. The number of aliphatic hydroxyl groups excluding tert-OH is 1. The second-order valence-corrected chi connectivity index (χ2v) is 5.77. The monoisotopic (exact) mass is 291 g/mol. The van der Waals surface area contributed by atoms with Crippen LogP contribution in [0.1, 0.15) is 22.8 Å². The summed E-state index contributed by atoms with van der Waals surface area (Å²) in [5.41, 5.74) is -0.636. The van der Waals surface area contributed by atoms with Crippen LogP contribution in [-0.4, -0.2) is 37.2 Å². The number of halogens is 1. The van der Waals surface area contributed by atoms with Crippen LogP contribution in [0.3, 0.4) is 0 Å². The van der Waals surface area contributed by atoms with Crippen LogP contribution in [0.4, 0.5) is 4.39 Å². The molecule has 0 spiro atoms. The number of carboxylic acid groups (broad SMARTS) is 1. The van der Waals surface area contributed by atoms with Gasteiger partial charge in [-0.25, -0.2) is 22.3 Å². The van der Waals surface area contributed by atoms with Gasteiger partial charge in [0.15, 0.2) is 0 Å². The maximum absolute atomic E-state index is 13.5. The minimum Gasteiger partial charge on any atom is -0.478 e. The first-order valence-corrected chi connectivity index (χ1v) is 6.84. The van der Waals surface area contributed by atoms with Crippen molar-refractivity contribution in [2.45, 2.75) is 24.8 Å². The molecule has 0 aliphatic carbocycles. The van der Waals surface area contributed by atoms with Crippen LogP contribution in [0.25, 0.3) is 0 Å². The zero-order valence-corrected chi connectivity index (χ0v) is 11.2. The third-order valence-electron chi connectivity index (χ3n) is 2.46. The van der Waals surface area contributed by atoms with Crippen molar-refractivity contribution in [2.75, 3.05) is 6.61 Å². The predicted octanol–water partition coefficient (Wildman–Crippen LogP) is 0.491. The van der Waals surface area contributed by atoms with Crippen LogP contribution in [0, 0.1) is 12.7 Å². The van der Waals surface area contributed by atoms with Gasteiger partial charge in [-0.15, -0.1) is 0 Å². The third-order valence-corrected chi connectivity index (χ3v) is 4.18. The molecule has 106 valence electrons. The predicted molar refractivity (Wildman–Crippen MR) is 65.0 cm³/mol. The average Bonchev–Trinajstić information content (AvgIpc) is 2.31. The van der Waals surface area contributed by atoms with Gasteiger partial charge in [0.1, 0.15) is 5.82 Å². The summed E-state index contributed by atoms with van der Waals surface area (Å²) in [5, 5.41) is 17.6. The average molecular weight is 291 g/mol. The second kappa shape index (κ2) is 5.64. The van der Waals surface area contributed by atoms with E-state index in [-0.39, 0.29) is 5.56 Å². The molecule has 0 saturated carbocycles. The van der Waals surface area contributed by atoms with E-state index in [4.69, 9.17) is 10.2 Å². The van der Waals surface area contributed by atoms with E-state index >= 15 is 0 Å². The zero-order valence-electron chi connectivity index (χ0n) is 10.3. The van der Waals surface area contributed by atoms with Crippen molar-refractivity contribution in [2.24, 2.45) is 0 Å². The summed E-state index contributed by atoms with van der Waals surface area (Å²) >= 11 is 0. The fourth-order valence-electron chi connectivity index (χ4n) is 1.42. The summed E-state index contributed by atoms with van der Waals surface area (Å²) in [6.07, 6.45) is 0. The van der Waals surface area contributed by atoms with Crippen LogP contribution in [-0.2, 0) is 10.0 Å². The quantitative estimate of drug-likeness (QED) is 0.732. The molecule has 0 aliphatic heterocycles. The lowest BCUT2D eigenvalue weighted by Crippen LogP contribution is -2.35. The summed E-state index contributed by atoms with van der Waals surface area (Å²) in [7, 11) is -4.09. The van der Waals surface area contributed by atoms with Gasteiger partial charge in [0.2, 0.25) is 10.0 Å². The van der Waals surface area contributed by atoms with Crippen LogP contribution < -0.4 is 4.72 Å². The molecule has 0 fully saturated rings. The largest absolute Gasteiger partial charge is 0.478 e. The van der Waals surface area contributed by atoms with Crippen LogP contribution >= 0.6 is 0 Å². The molecular formula is C11H14FNO5S. The van der Waals surface area contributed by atoms with E-state index in [1.807, 2.05) is 0 Å². The standard InChI is InChI=1S/C11H14FNO5S/c1-6(5-14)13-19(17,18)10-4-8(11(15)16)3-9(12)7(10)2/h3-4,6,13-14H,5H2,1-2H3,(H,15,16). The number of nitrogens with one attached hydrogen (secondary N) is 1. The van der Waals surface area contributed by atoms with Gasteiger partial charge in [-0.05, 0) is 26.0 Å². The van der Waals surface area contributed by atoms with Crippen LogP contribution in [0.15, 0.2) is 17.0 Å². The number of hydrogen-bond donors (Lipinski definition) is 3. The van der Waals surface area contributed by atoms with Crippen molar-refractivity contribution < 1.29 is 27.8 Å². The first-order valence-electron chi connectivity index (χ1n) is 5.35. The van der Waals surface area contributed by atoms with Crippen molar-refractivity contribution in [3.8, 4) is 0 Å². The molecule has 0 aromatic heterocycles. The topological polar surface area (TPSA) is 104 Å². The Bertz CT molecular complexity index is 599. The number of rotatable bonds is 5. The Morgan fingerprint density at radius 3 is 2.53 bits per heavy atom. The maximum atomic E-state index is 13.5. The van der Waals surface area contributed by atoms with Crippen molar-refractivity contribution in [3.05, 3.63) is 29.1 Å². The van der Waals surface area contributed by atoms with E-state index in [9.17, 15) is 17.6 Å². The van der Waals surface area contributed by atoms with E-state index in [0.29, 0.717) is 0 Å². The summed E-state index contributed by atoms with van der Waals surface area (Å²) < 4.78 is 39.6. The van der Waals surface area contributed by atoms with Gasteiger partial charge in [-0.2, -0.15) is 0 Å². The molecule has 3 N–H and O–H groups in total. The molecule has 0 bridgehead atoms. The first-order chi connectivity index (χ1) is 8.69. The Balaban J connectivity index is 3.37. The number of sulfonamides is 1. The number of aliphatic hydroxyl groups is 1. The highest BCUT2D eigenvalue weighted by Gasteiger charge is 2.23. The summed E-state index contributed by atoms with van der Waals surface area (Å²) in [4.78, 5) is 10.3. The highest BCUT2D eigenvalue weighted by molar-refractivity contribution is 7.89. The van der Waals surface area contributed by atoms with Gasteiger partial charge in [0.25, 0.3) is 0 Å². The summed E-state index contributed by atoms with van der Waals surface area (Å²) in [6.45, 7) is 2.23. The molecule has 0 radical (unpaired) electrons. The molecule has 1 atom stereocenters. The van der Waals surface area contributed by atoms with Gasteiger partial charge in [-0.3, -0.25) is 0 Å². The number of hydrogen-bond acceptors (Lipinski definition) is 4. The second-order valence-electron chi connectivity index (χ2n) is 4.09. The molecular weight excluding hydrogens is 277 g/mol. The molecule has 0 amide bonds. The Hall–Kier alpha value is -1.51. The molecule has 0 aliphatic rings. The highest BCUT2D eigenvalue weighted by atomic mass is 32.2. The Kier molecular flexibility index (Phi) is 4.61. The molecule has 0 saturated heterocycles. The first kappa shape index (κ1) is 15.5. The normalized spacial score (nSPS) is 13.3. The van der Waals surface area contributed by atoms with E-state index in [1.165, 1.54) is 13.8 Å². The number of carbonyl (C=O) groups is 1. The van der Waals surface area contributed by atoms with E-state index < -0.39 is 44.9 Å². The van der Waals surface area contributed by atoms with Gasteiger partial charge in [-0.1, -0.05) is 0 Å². The zero-order chi connectivity index (χ0) is 14.8. The molecule has 6 nitrogen and oxygen atoms in total. The molecule has 0 heterocycles. The lowest BCUT2D eigenvalue weighted by molar-refractivity contribution is 0.0696. The highest BCUT2D eigenvalue weighted by Crippen LogP contribution is 2.21. The fraction of sp³-hybridized carbons (Fsp3) is 0.364. The van der Waals surface area contributed by atoms with Crippen LogP contribution in [0.5, 0.6) is 0 Å². The Labute approximate surface area is 109 Å². The van der Waals surface area contributed by atoms with Gasteiger partial charge in [0.05, 0.1) is 17.1 Å². The molecule has 8 heteroatoms. The molecule has 19 heavy (non-hydrogen) atoms. The fourth-order valence-corrected chi connectivity index (χ4v) is 2.94. The van der Waals surface area contributed by atoms with Gasteiger partial charge < -0.3 is 10.2 Å². The molecule has 1 aromatic rings. The number of carboxylic acids is 1. The maximum Gasteiger partial charge on any atom is 0.335 e. The smallest absolute Gasteiger partial charge is 0.335 e. The third kappa shape index (κ3) is 3.49. The van der Waals surface area contributed by atoms with Gasteiger partial charge >= 0.3 is 5.97 Å². The van der Waals surface area contributed by atoms with Crippen molar-refractivity contribution in [1.82, 2.24) is 4.72 Å².